The van der Waals surface area contributed by atoms with Crippen LogP contribution in [-0.4, -0.2) is 48.0 Å². The van der Waals surface area contributed by atoms with Crippen LogP contribution in [0.1, 0.15) is 40.2 Å². The van der Waals surface area contributed by atoms with Gasteiger partial charge in [-0.2, -0.15) is 4.31 Å². The fourth-order valence-electron chi connectivity index (χ4n) is 2.82. The maximum absolute atomic E-state index is 13.3. The molecular weight excluding hydrogens is 388 g/mol. The van der Waals surface area contributed by atoms with E-state index in [1.807, 2.05) is 6.92 Å². The van der Waals surface area contributed by atoms with Crippen LogP contribution in [0.3, 0.4) is 0 Å². The van der Waals surface area contributed by atoms with Crippen molar-refractivity contribution in [3.63, 3.8) is 0 Å². The lowest BCUT2D eigenvalue weighted by atomic mass is 10.2. The summed E-state index contributed by atoms with van der Waals surface area (Å²) in [6, 6.07) is 4.68. The number of amides is 1. The first-order chi connectivity index (χ1) is 12.3. The van der Waals surface area contributed by atoms with Gasteiger partial charge in [0, 0.05) is 11.8 Å². The van der Waals surface area contributed by atoms with Crippen molar-refractivity contribution in [2.45, 2.75) is 62.2 Å². The average molecular weight is 417 g/mol. The fraction of sp³-hybridized carbons (Fsp3) is 0.611. The molecular formula is C18H28N2O5S2. The van der Waals surface area contributed by atoms with Gasteiger partial charge in [0.1, 0.15) is 5.75 Å². The molecule has 0 bridgehead atoms. The van der Waals surface area contributed by atoms with Crippen LogP contribution >= 0.6 is 11.8 Å². The molecule has 1 fully saturated rings. The summed E-state index contributed by atoms with van der Waals surface area (Å²) in [6.07, 6.45) is 0. The third-order valence-corrected chi connectivity index (χ3v) is 7.63. The van der Waals surface area contributed by atoms with Gasteiger partial charge in [0.05, 0.1) is 17.6 Å². The van der Waals surface area contributed by atoms with Crippen LogP contribution in [0, 0.1) is 6.92 Å². The van der Waals surface area contributed by atoms with Crippen molar-refractivity contribution in [3.05, 3.63) is 23.8 Å². The highest BCUT2D eigenvalue weighted by Crippen LogP contribution is 2.44. The zero-order chi connectivity index (χ0) is 20.6. The van der Waals surface area contributed by atoms with E-state index in [0.717, 1.165) is 0 Å². The van der Waals surface area contributed by atoms with Crippen molar-refractivity contribution in [2.24, 2.45) is 0 Å². The summed E-state index contributed by atoms with van der Waals surface area (Å²) in [7, 11) is -2.35. The average Bonchev–Trinajstić information content (AvgIpc) is 2.88. The van der Waals surface area contributed by atoms with Crippen molar-refractivity contribution in [2.75, 3.05) is 13.7 Å². The number of rotatable bonds is 5. The second kappa shape index (κ2) is 7.62. The highest BCUT2D eigenvalue weighted by atomic mass is 32.2. The zero-order valence-corrected chi connectivity index (χ0v) is 18.5. The Balaban J connectivity index is 2.38. The highest BCUT2D eigenvalue weighted by molar-refractivity contribution is 8.03. The number of nitrogens with zero attached hydrogens (tertiary/aromatic N) is 1. The maximum Gasteiger partial charge on any atom is 0.275 e. The van der Waals surface area contributed by atoms with Gasteiger partial charge in [-0.25, -0.2) is 13.9 Å². The third kappa shape index (κ3) is 4.59. The van der Waals surface area contributed by atoms with E-state index >= 15 is 0 Å². The van der Waals surface area contributed by atoms with E-state index in [0.29, 0.717) is 11.3 Å². The van der Waals surface area contributed by atoms with Crippen LogP contribution in [0.4, 0.5) is 0 Å². The number of benzene rings is 1. The van der Waals surface area contributed by atoms with Crippen molar-refractivity contribution < 1.29 is 22.8 Å². The molecule has 0 aromatic heterocycles. The normalized spacial score (nSPS) is 24.0. The first-order valence-corrected chi connectivity index (χ1v) is 11.0. The molecule has 2 rings (SSSR count). The van der Waals surface area contributed by atoms with E-state index in [1.165, 1.54) is 29.2 Å². The number of carbonyl (C=O) groups excluding carboxylic acids is 1. The van der Waals surface area contributed by atoms with Crippen LogP contribution in [0.15, 0.2) is 23.1 Å². The van der Waals surface area contributed by atoms with E-state index in [4.69, 9.17) is 9.57 Å². The number of hydrogen-bond donors (Lipinski definition) is 1. The molecule has 9 heteroatoms. The molecule has 0 unspecified atom stereocenters. The lowest BCUT2D eigenvalue weighted by Gasteiger charge is -2.32. The topological polar surface area (TPSA) is 84.9 Å². The van der Waals surface area contributed by atoms with Crippen LogP contribution < -0.4 is 10.2 Å². The minimum Gasteiger partial charge on any atom is -0.496 e. The molecule has 1 aromatic carbocycles. The van der Waals surface area contributed by atoms with Gasteiger partial charge in [-0.1, -0.05) is 6.92 Å². The van der Waals surface area contributed by atoms with Gasteiger partial charge in [-0.15, -0.1) is 11.8 Å². The summed E-state index contributed by atoms with van der Waals surface area (Å²) in [4.78, 5) is 17.0. The number of hydroxylamine groups is 1. The van der Waals surface area contributed by atoms with Crippen LogP contribution in [0.5, 0.6) is 5.75 Å². The Bertz CT molecular complexity index is 820. The summed E-state index contributed by atoms with van der Waals surface area (Å²) in [5.74, 6) is 0.109. The minimum absolute atomic E-state index is 0.0375. The number of sulfonamides is 1. The highest BCUT2D eigenvalue weighted by Gasteiger charge is 2.53. The van der Waals surface area contributed by atoms with E-state index in [1.54, 1.807) is 46.8 Å². The molecule has 0 radical (unpaired) electrons. The molecule has 1 aromatic rings. The van der Waals surface area contributed by atoms with E-state index in [2.05, 4.69) is 5.48 Å². The lowest BCUT2D eigenvalue weighted by Crippen LogP contribution is -2.54. The second-order valence-corrected chi connectivity index (χ2v) is 11.4. The molecule has 1 amide bonds. The maximum atomic E-state index is 13.3. The number of ether oxygens (including phenoxy) is 1. The molecule has 1 saturated heterocycles. The van der Waals surface area contributed by atoms with Crippen molar-refractivity contribution in [3.8, 4) is 5.75 Å². The summed E-state index contributed by atoms with van der Waals surface area (Å²) in [6.45, 7) is 10.9. The van der Waals surface area contributed by atoms with Crippen molar-refractivity contribution in [1.82, 2.24) is 9.79 Å². The Labute approximate surface area is 165 Å². The molecule has 1 N–H and O–H groups in total. The Morgan fingerprint density at radius 3 is 2.52 bits per heavy atom. The van der Waals surface area contributed by atoms with Crippen molar-refractivity contribution in [1.29, 1.82) is 0 Å². The Hall–Kier alpha value is -1.29. The smallest absolute Gasteiger partial charge is 0.275 e. The monoisotopic (exact) mass is 416 g/mol. The van der Waals surface area contributed by atoms with E-state index in [9.17, 15) is 13.2 Å². The lowest BCUT2D eigenvalue weighted by molar-refractivity contribution is -0.150. The third-order valence-electron chi connectivity index (χ3n) is 4.16. The van der Waals surface area contributed by atoms with Gasteiger partial charge in [-0.05, 0) is 58.4 Å². The standard InChI is InChI=1S/C18H28N2O5S2/c1-12-10-14(8-9-15(12)24-7)27(22,23)20-11-13(2)26-18(20,6)16(21)19-25-17(3,4)5/h8-10,13H,11H2,1-7H3,(H,19,21)/t13-,18+/m0/s1. The molecule has 0 saturated carbocycles. The molecule has 0 spiro atoms. The Morgan fingerprint density at radius 1 is 1.37 bits per heavy atom. The van der Waals surface area contributed by atoms with Gasteiger partial charge < -0.3 is 4.74 Å². The first kappa shape index (κ1) is 22.0. The van der Waals surface area contributed by atoms with Crippen molar-refractivity contribution >= 4 is 27.7 Å². The Morgan fingerprint density at radius 2 is 2.00 bits per heavy atom. The van der Waals surface area contributed by atoms with E-state index < -0.39 is 26.4 Å². The fourth-order valence-corrected chi connectivity index (χ4v) is 6.47. The van der Waals surface area contributed by atoms with Gasteiger partial charge in [0.25, 0.3) is 5.91 Å². The second-order valence-electron chi connectivity index (χ2n) is 7.72. The molecule has 1 heterocycles. The van der Waals surface area contributed by atoms with Gasteiger partial charge in [-0.3, -0.25) is 9.63 Å². The van der Waals surface area contributed by atoms with Gasteiger partial charge >= 0.3 is 0 Å². The molecule has 1 aliphatic heterocycles. The molecule has 1 aliphatic rings. The van der Waals surface area contributed by atoms with Gasteiger partial charge in [0.15, 0.2) is 4.87 Å². The number of nitrogens with one attached hydrogen (secondary N) is 1. The molecule has 7 nitrogen and oxygen atoms in total. The summed E-state index contributed by atoms with van der Waals surface area (Å²) >= 11 is 1.30. The number of carbonyl (C=O) groups is 1. The molecule has 27 heavy (non-hydrogen) atoms. The summed E-state index contributed by atoms with van der Waals surface area (Å²) < 4.78 is 33.1. The number of thioether (sulfide) groups is 1. The Kier molecular flexibility index (Phi) is 6.21. The van der Waals surface area contributed by atoms with Crippen LogP contribution in [0.25, 0.3) is 0 Å². The van der Waals surface area contributed by atoms with E-state index in [-0.39, 0.29) is 16.7 Å². The van der Waals surface area contributed by atoms with Gasteiger partial charge in [0.2, 0.25) is 10.0 Å². The molecule has 152 valence electrons. The number of hydrogen-bond acceptors (Lipinski definition) is 6. The SMILES string of the molecule is COc1ccc(S(=O)(=O)N2C[C@H](C)S[C@]2(C)C(=O)NOC(C)(C)C)cc1C. The zero-order valence-electron chi connectivity index (χ0n) is 16.8. The van der Waals surface area contributed by atoms with Crippen LogP contribution in [0.2, 0.25) is 0 Å². The number of aryl methyl sites for hydroxylation is 1. The first-order valence-electron chi connectivity index (χ1n) is 8.65. The molecule has 2 atom stereocenters. The van der Waals surface area contributed by atoms with Crippen LogP contribution in [-0.2, 0) is 19.7 Å². The summed E-state index contributed by atoms with van der Waals surface area (Å²) in [5, 5.41) is -0.0375. The predicted molar refractivity (Wildman–Crippen MR) is 106 cm³/mol. The minimum atomic E-state index is -3.88. The number of methoxy groups -OCH3 is 1. The predicted octanol–water partition coefficient (Wildman–Crippen LogP) is 2.69. The summed E-state index contributed by atoms with van der Waals surface area (Å²) in [5.41, 5.74) is 2.55. The largest absolute Gasteiger partial charge is 0.496 e. The quantitative estimate of drug-likeness (QED) is 0.743. The molecule has 0 aliphatic carbocycles.